The average molecular weight is 296 g/mol. The smallest absolute Gasteiger partial charge is 0.327 e. The van der Waals surface area contributed by atoms with Crippen molar-refractivity contribution in [3.8, 4) is 12.3 Å². The van der Waals surface area contributed by atoms with Gasteiger partial charge in [0.25, 0.3) is 0 Å². The fraction of sp³-hybridized carbons (Fsp3) is 0.308. The molecule has 1 unspecified atom stereocenters. The second kappa shape index (κ2) is 7.10. The van der Waals surface area contributed by atoms with Crippen LogP contribution in [0.3, 0.4) is 0 Å². The number of hydrogen-bond acceptors (Lipinski definition) is 3. The Morgan fingerprint density at radius 1 is 1.59 bits per heavy atom. The molecule has 17 heavy (non-hydrogen) atoms. The predicted octanol–water partition coefficient (Wildman–Crippen LogP) is 2.28. The van der Waals surface area contributed by atoms with Crippen molar-refractivity contribution < 1.29 is 9.53 Å². The first-order valence-corrected chi connectivity index (χ1v) is 6.08. The van der Waals surface area contributed by atoms with Crippen molar-refractivity contribution in [1.82, 2.24) is 5.32 Å². The monoisotopic (exact) mass is 295 g/mol. The zero-order valence-electron chi connectivity index (χ0n) is 9.57. The highest BCUT2D eigenvalue weighted by Crippen LogP contribution is 2.24. The Labute approximate surface area is 110 Å². The fourth-order valence-corrected chi connectivity index (χ4v) is 1.93. The van der Waals surface area contributed by atoms with Gasteiger partial charge in [0, 0.05) is 4.47 Å². The third-order valence-electron chi connectivity index (χ3n) is 2.15. The maximum absolute atomic E-state index is 11.8. The lowest BCUT2D eigenvalue weighted by Crippen LogP contribution is -2.30. The van der Waals surface area contributed by atoms with Crippen LogP contribution in [0.15, 0.2) is 28.7 Å². The molecule has 1 aromatic rings. The van der Waals surface area contributed by atoms with Crippen LogP contribution in [0, 0.1) is 12.3 Å². The van der Waals surface area contributed by atoms with E-state index in [1.165, 1.54) is 0 Å². The van der Waals surface area contributed by atoms with E-state index in [-0.39, 0.29) is 5.97 Å². The van der Waals surface area contributed by atoms with Gasteiger partial charge < -0.3 is 4.74 Å². The van der Waals surface area contributed by atoms with Gasteiger partial charge in [-0.25, -0.2) is 4.79 Å². The first-order chi connectivity index (χ1) is 8.20. The van der Waals surface area contributed by atoms with Crippen LogP contribution in [-0.4, -0.2) is 19.1 Å². The van der Waals surface area contributed by atoms with Crippen LogP contribution in [-0.2, 0) is 9.53 Å². The molecule has 0 aliphatic heterocycles. The van der Waals surface area contributed by atoms with Gasteiger partial charge in [0.1, 0.15) is 6.04 Å². The van der Waals surface area contributed by atoms with Gasteiger partial charge in [-0.15, -0.1) is 6.42 Å². The first kappa shape index (κ1) is 13.8. The topological polar surface area (TPSA) is 38.3 Å². The Balaban J connectivity index is 2.94. The molecule has 0 saturated heterocycles. The van der Waals surface area contributed by atoms with Gasteiger partial charge in [-0.3, -0.25) is 5.32 Å². The van der Waals surface area contributed by atoms with E-state index in [2.05, 4.69) is 27.2 Å². The Morgan fingerprint density at radius 3 is 2.88 bits per heavy atom. The molecule has 3 nitrogen and oxygen atoms in total. The lowest BCUT2D eigenvalue weighted by atomic mass is 10.1. The largest absolute Gasteiger partial charge is 0.465 e. The quantitative estimate of drug-likeness (QED) is 0.669. The van der Waals surface area contributed by atoms with Gasteiger partial charge in [-0.2, -0.15) is 0 Å². The molecule has 0 radical (unpaired) electrons. The van der Waals surface area contributed by atoms with E-state index in [9.17, 15) is 4.79 Å². The molecule has 1 aromatic carbocycles. The van der Waals surface area contributed by atoms with Gasteiger partial charge >= 0.3 is 5.97 Å². The van der Waals surface area contributed by atoms with Gasteiger partial charge in [0.05, 0.1) is 13.2 Å². The summed E-state index contributed by atoms with van der Waals surface area (Å²) in [5.41, 5.74) is 0.821. The van der Waals surface area contributed by atoms with E-state index in [1.807, 2.05) is 24.3 Å². The van der Waals surface area contributed by atoms with Crippen molar-refractivity contribution in [3.63, 3.8) is 0 Å². The predicted molar refractivity (Wildman–Crippen MR) is 70.4 cm³/mol. The number of nitrogens with one attached hydrogen (secondary N) is 1. The second-order valence-electron chi connectivity index (χ2n) is 3.29. The van der Waals surface area contributed by atoms with Crippen LogP contribution in [0.5, 0.6) is 0 Å². The normalized spacial score (nSPS) is 11.6. The van der Waals surface area contributed by atoms with Crippen molar-refractivity contribution in [3.05, 3.63) is 34.3 Å². The molecule has 1 atom stereocenters. The lowest BCUT2D eigenvalue weighted by molar-refractivity contribution is -0.145. The zero-order valence-corrected chi connectivity index (χ0v) is 11.2. The van der Waals surface area contributed by atoms with Crippen LogP contribution < -0.4 is 5.32 Å². The Morgan fingerprint density at radius 2 is 2.29 bits per heavy atom. The van der Waals surface area contributed by atoms with Gasteiger partial charge in [0.15, 0.2) is 0 Å². The minimum atomic E-state index is -0.540. The summed E-state index contributed by atoms with van der Waals surface area (Å²) in [5, 5.41) is 2.97. The molecule has 90 valence electrons. The molecule has 1 rings (SSSR count). The highest BCUT2D eigenvalue weighted by atomic mass is 79.9. The van der Waals surface area contributed by atoms with Crippen molar-refractivity contribution in [2.75, 3.05) is 13.2 Å². The number of terminal acetylenes is 1. The van der Waals surface area contributed by atoms with Crippen molar-refractivity contribution >= 4 is 21.9 Å². The molecule has 0 fully saturated rings. The summed E-state index contributed by atoms with van der Waals surface area (Å²) in [6.07, 6.45) is 5.19. The molecule has 0 aliphatic carbocycles. The molecule has 0 aromatic heterocycles. The molecule has 0 saturated carbocycles. The molecular weight excluding hydrogens is 282 g/mol. The van der Waals surface area contributed by atoms with Crippen LogP contribution in [0.2, 0.25) is 0 Å². The number of hydrogen-bond donors (Lipinski definition) is 1. The number of rotatable bonds is 5. The minimum Gasteiger partial charge on any atom is -0.465 e. The lowest BCUT2D eigenvalue weighted by Gasteiger charge is -2.17. The van der Waals surface area contributed by atoms with E-state index in [0.29, 0.717) is 13.2 Å². The van der Waals surface area contributed by atoms with Crippen LogP contribution in [0.1, 0.15) is 18.5 Å². The van der Waals surface area contributed by atoms with Gasteiger partial charge in [0.2, 0.25) is 0 Å². The fourth-order valence-electron chi connectivity index (χ4n) is 1.42. The first-order valence-electron chi connectivity index (χ1n) is 5.28. The van der Waals surface area contributed by atoms with E-state index >= 15 is 0 Å². The minimum absolute atomic E-state index is 0.310. The van der Waals surface area contributed by atoms with Crippen molar-refractivity contribution in [1.29, 1.82) is 0 Å². The maximum atomic E-state index is 11.8. The number of carbonyl (C=O) groups is 1. The van der Waals surface area contributed by atoms with Crippen LogP contribution in [0.25, 0.3) is 0 Å². The van der Waals surface area contributed by atoms with Gasteiger partial charge in [-0.1, -0.05) is 40.0 Å². The zero-order chi connectivity index (χ0) is 12.7. The van der Waals surface area contributed by atoms with Crippen molar-refractivity contribution in [2.24, 2.45) is 0 Å². The number of benzene rings is 1. The summed E-state index contributed by atoms with van der Waals surface area (Å²) in [4.78, 5) is 11.8. The number of ether oxygens (including phenoxy) is 1. The van der Waals surface area contributed by atoms with Crippen molar-refractivity contribution in [2.45, 2.75) is 13.0 Å². The average Bonchev–Trinajstić information content (AvgIpc) is 2.32. The molecule has 1 N–H and O–H groups in total. The van der Waals surface area contributed by atoms with E-state index in [0.717, 1.165) is 10.0 Å². The molecule has 0 aliphatic rings. The Kier molecular flexibility index (Phi) is 5.75. The van der Waals surface area contributed by atoms with E-state index in [4.69, 9.17) is 11.2 Å². The van der Waals surface area contributed by atoms with E-state index < -0.39 is 6.04 Å². The van der Waals surface area contributed by atoms with Crippen LogP contribution >= 0.6 is 15.9 Å². The molecule has 0 heterocycles. The highest BCUT2D eigenvalue weighted by molar-refractivity contribution is 9.10. The maximum Gasteiger partial charge on any atom is 0.327 e. The second-order valence-corrected chi connectivity index (χ2v) is 4.15. The summed E-state index contributed by atoms with van der Waals surface area (Å²) in [6, 6.07) is 6.94. The standard InChI is InChI=1S/C13H14BrNO2/c1-3-9-15-12(13(16)17-4-2)10-7-5-6-8-11(10)14/h1,5-8,12,15H,4,9H2,2H3. The summed E-state index contributed by atoms with van der Waals surface area (Å²) >= 11 is 3.41. The third-order valence-corrected chi connectivity index (χ3v) is 2.87. The molecule has 0 spiro atoms. The third kappa shape index (κ3) is 3.88. The van der Waals surface area contributed by atoms with Gasteiger partial charge in [-0.05, 0) is 18.6 Å². The molecule has 0 bridgehead atoms. The summed E-state index contributed by atoms with van der Waals surface area (Å²) < 4.78 is 5.87. The summed E-state index contributed by atoms with van der Waals surface area (Å²) in [7, 11) is 0. The Hall–Kier alpha value is -1.31. The number of halogens is 1. The highest BCUT2D eigenvalue weighted by Gasteiger charge is 2.22. The SMILES string of the molecule is C#CCNC(C(=O)OCC)c1ccccc1Br. The molecule has 0 amide bonds. The Bertz CT molecular complexity index is 426. The summed E-state index contributed by atoms with van der Waals surface area (Å²) in [5.74, 6) is 2.13. The number of esters is 1. The number of carbonyl (C=O) groups excluding carboxylic acids is 1. The molecular formula is C13H14BrNO2. The summed E-state index contributed by atoms with van der Waals surface area (Å²) in [6.45, 7) is 2.43. The van der Waals surface area contributed by atoms with Crippen LogP contribution in [0.4, 0.5) is 0 Å². The van der Waals surface area contributed by atoms with E-state index in [1.54, 1.807) is 6.92 Å². The molecule has 4 heteroatoms.